The Labute approximate surface area is 159 Å². The summed E-state index contributed by atoms with van der Waals surface area (Å²) in [5, 5.41) is 3.11. The van der Waals surface area contributed by atoms with Crippen molar-refractivity contribution in [3.8, 4) is 0 Å². The van der Waals surface area contributed by atoms with Crippen LogP contribution in [0.4, 0.5) is 0 Å². The molecule has 6 nitrogen and oxygen atoms in total. The molecule has 1 aliphatic carbocycles. The summed E-state index contributed by atoms with van der Waals surface area (Å²) in [6.45, 7) is 15.8. The maximum atomic E-state index is 12.7. The Morgan fingerprint density at radius 1 is 0.962 bits per heavy atom. The average molecular weight is 373 g/mol. The molecule has 1 amide bonds. The predicted octanol–water partition coefficient (Wildman–Crippen LogP) is 2.35. The lowest BCUT2D eigenvalue weighted by atomic mass is 9.72. The summed E-state index contributed by atoms with van der Waals surface area (Å²) in [6.07, 6.45) is 2.65. The van der Waals surface area contributed by atoms with Gasteiger partial charge in [-0.05, 0) is 36.6 Å². The number of amides is 1. The van der Waals surface area contributed by atoms with Crippen LogP contribution in [-0.4, -0.2) is 58.6 Å². The molecule has 3 N–H and O–H groups in total. The van der Waals surface area contributed by atoms with E-state index in [4.69, 9.17) is 19.9 Å². The molecule has 1 aliphatic rings. The summed E-state index contributed by atoms with van der Waals surface area (Å²) >= 11 is 0. The third-order valence-electron chi connectivity index (χ3n) is 5.39. The molecule has 1 rings (SSSR count). The Kier molecular flexibility index (Phi) is 9.51. The van der Waals surface area contributed by atoms with Crippen LogP contribution in [0.5, 0.6) is 0 Å². The second-order valence-corrected chi connectivity index (χ2v) is 8.80. The molecule has 1 atom stereocenters. The number of nitrogens with two attached hydrogens (primary N) is 1. The lowest BCUT2D eigenvalue weighted by molar-refractivity contribution is -0.132. The van der Waals surface area contributed by atoms with Crippen molar-refractivity contribution in [2.45, 2.75) is 53.9 Å². The minimum atomic E-state index is -0.249. The van der Waals surface area contributed by atoms with Gasteiger partial charge < -0.3 is 25.3 Å². The fourth-order valence-corrected chi connectivity index (χ4v) is 3.88. The standard InChI is InChI=1S/C20H40N2O4/c1-18(2,3)20(16-19(20,4)5)17(23)22-9-7-11-25-13-15-26-14-12-24-10-6-8-21/h6-16,21H2,1-5H3,(H,22,23). The minimum absolute atomic E-state index is 0.0253. The first kappa shape index (κ1) is 23.3. The fourth-order valence-electron chi connectivity index (χ4n) is 3.88. The molecule has 0 radical (unpaired) electrons. The number of rotatable bonds is 14. The number of hydrogen-bond donors (Lipinski definition) is 2. The van der Waals surface area contributed by atoms with Crippen molar-refractivity contribution in [3.63, 3.8) is 0 Å². The molecule has 1 saturated carbocycles. The monoisotopic (exact) mass is 372 g/mol. The van der Waals surface area contributed by atoms with Crippen molar-refractivity contribution in [2.24, 2.45) is 22.0 Å². The Hall–Kier alpha value is -0.690. The lowest BCUT2D eigenvalue weighted by Gasteiger charge is -2.33. The first-order valence-electron chi connectivity index (χ1n) is 9.91. The van der Waals surface area contributed by atoms with Gasteiger partial charge in [-0.1, -0.05) is 34.6 Å². The average Bonchev–Trinajstić information content (AvgIpc) is 3.16. The normalized spacial score (nSPS) is 21.6. The molecule has 6 heteroatoms. The molecule has 0 bridgehead atoms. The predicted molar refractivity (Wildman–Crippen MR) is 104 cm³/mol. The van der Waals surface area contributed by atoms with E-state index in [1.54, 1.807) is 0 Å². The number of hydrogen-bond acceptors (Lipinski definition) is 5. The van der Waals surface area contributed by atoms with Crippen LogP contribution in [0.1, 0.15) is 53.9 Å². The molecule has 0 aliphatic heterocycles. The molecule has 0 spiro atoms. The number of carbonyl (C=O) groups is 1. The van der Waals surface area contributed by atoms with E-state index in [-0.39, 0.29) is 22.2 Å². The van der Waals surface area contributed by atoms with Gasteiger partial charge in [-0.3, -0.25) is 4.79 Å². The van der Waals surface area contributed by atoms with Crippen LogP contribution in [0, 0.1) is 16.2 Å². The molecule has 1 unspecified atom stereocenters. The zero-order valence-electron chi connectivity index (χ0n) is 17.5. The van der Waals surface area contributed by atoms with Crippen molar-refractivity contribution < 1.29 is 19.0 Å². The van der Waals surface area contributed by atoms with E-state index in [1.165, 1.54) is 0 Å². The molecule has 0 aromatic rings. The van der Waals surface area contributed by atoms with Gasteiger partial charge in [0, 0.05) is 19.8 Å². The fraction of sp³-hybridized carbons (Fsp3) is 0.950. The largest absolute Gasteiger partial charge is 0.379 e. The topological polar surface area (TPSA) is 82.8 Å². The summed E-state index contributed by atoms with van der Waals surface area (Å²) in [5.74, 6) is 0.188. The van der Waals surface area contributed by atoms with Crippen molar-refractivity contribution in [1.82, 2.24) is 5.32 Å². The van der Waals surface area contributed by atoms with Crippen molar-refractivity contribution in [1.29, 1.82) is 0 Å². The van der Waals surface area contributed by atoms with Crippen molar-refractivity contribution in [2.75, 3.05) is 52.7 Å². The maximum Gasteiger partial charge on any atom is 0.227 e. The van der Waals surface area contributed by atoms with Gasteiger partial charge in [-0.25, -0.2) is 0 Å². The van der Waals surface area contributed by atoms with Gasteiger partial charge in [0.15, 0.2) is 0 Å². The molecule has 0 aromatic heterocycles. The number of carbonyl (C=O) groups excluding carboxylic acids is 1. The Morgan fingerprint density at radius 3 is 1.85 bits per heavy atom. The van der Waals surface area contributed by atoms with E-state index >= 15 is 0 Å². The summed E-state index contributed by atoms with van der Waals surface area (Å²) in [6, 6.07) is 0. The van der Waals surface area contributed by atoms with Gasteiger partial charge in [-0.2, -0.15) is 0 Å². The highest BCUT2D eigenvalue weighted by molar-refractivity contribution is 5.87. The smallest absolute Gasteiger partial charge is 0.227 e. The van der Waals surface area contributed by atoms with Crippen LogP contribution in [-0.2, 0) is 19.0 Å². The van der Waals surface area contributed by atoms with E-state index in [9.17, 15) is 4.79 Å². The van der Waals surface area contributed by atoms with Gasteiger partial charge in [0.2, 0.25) is 5.91 Å². The summed E-state index contributed by atoms with van der Waals surface area (Å²) < 4.78 is 16.3. The number of ether oxygens (including phenoxy) is 3. The van der Waals surface area contributed by atoms with Crippen LogP contribution in [0.2, 0.25) is 0 Å². The molecule has 0 saturated heterocycles. The molecule has 26 heavy (non-hydrogen) atoms. The van der Waals surface area contributed by atoms with E-state index < -0.39 is 0 Å². The van der Waals surface area contributed by atoms with Crippen LogP contribution < -0.4 is 11.1 Å². The maximum absolute atomic E-state index is 12.7. The quantitative estimate of drug-likeness (QED) is 0.457. The van der Waals surface area contributed by atoms with Gasteiger partial charge in [0.25, 0.3) is 0 Å². The van der Waals surface area contributed by atoms with Gasteiger partial charge in [0.05, 0.1) is 31.8 Å². The van der Waals surface area contributed by atoms with Crippen molar-refractivity contribution in [3.05, 3.63) is 0 Å². The second kappa shape index (κ2) is 10.6. The zero-order valence-corrected chi connectivity index (χ0v) is 17.5. The first-order chi connectivity index (χ1) is 12.2. The highest BCUT2D eigenvalue weighted by Crippen LogP contribution is 2.71. The Bertz CT molecular complexity index is 421. The van der Waals surface area contributed by atoms with Gasteiger partial charge in [0.1, 0.15) is 0 Å². The molecular formula is C20H40N2O4. The highest BCUT2D eigenvalue weighted by atomic mass is 16.5. The summed E-state index contributed by atoms with van der Waals surface area (Å²) in [5.41, 5.74) is 5.19. The third kappa shape index (κ3) is 6.48. The Balaban J connectivity index is 2.00. The second-order valence-electron chi connectivity index (χ2n) is 8.80. The van der Waals surface area contributed by atoms with Crippen molar-refractivity contribution >= 4 is 5.91 Å². The van der Waals surface area contributed by atoms with Crippen LogP contribution in [0.15, 0.2) is 0 Å². The third-order valence-corrected chi connectivity index (χ3v) is 5.39. The molecular weight excluding hydrogens is 332 g/mol. The first-order valence-corrected chi connectivity index (χ1v) is 9.91. The molecule has 0 heterocycles. The SMILES string of the molecule is CC(C)(C)C1(C(=O)NCCCOCCOCCOCCCN)CC1(C)C. The van der Waals surface area contributed by atoms with Gasteiger partial charge in [-0.15, -0.1) is 0 Å². The summed E-state index contributed by atoms with van der Waals surface area (Å²) in [4.78, 5) is 12.7. The molecule has 1 fully saturated rings. The van der Waals surface area contributed by atoms with E-state index in [1.807, 2.05) is 0 Å². The summed E-state index contributed by atoms with van der Waals surface area (Å²) in [7, 11) is 0. The van der Waals surface area contributed by atoms with E-state index in [0.717, 1.165) is 19.3 Å². The van der Waals surface area contributed by atoms with Gasteiger partial charge >= 0.3 is 0 Å². The van der Waals surface area contributed by atoms with Crippen LogP contribution in [0.3, 0.4) is 0 Å². The number of nitrogens with one attached hydrogen (secondary N) is 1. The lowest BCUT2D eigenvalue weighted by Crippen LogP contribution is -2.43. The molecule has 0 aromatic carbocycles. The zero-order chi connectivity index (χ0) is 19.7. The molecule has 154 valence electrons. The van der Waals surface area contributed by atoms with Crippen LogP contribution >= 0.6 is 0 Å². The highest BCUT2D eigenvalue weighted by Gasteiger charge is 2.71. The van der Waals surface area contributed by atoms with E-state index in [2.05, 4.69) is 39.9 Å². The minimum Gasteiger partial charge on any atom is -0.379 e. The Morgan fingerprint density at radius 2 is 1.42 bits per heavy atom. The van der Waals surface area contributed by atoms with E-state index in [0.29, 0.717) is 52.7 Å². The van der Waals surface area contributed by atoms with Crippen LogP contribution in [0.25, 0.3) is 0 Å².